The highest BCUT2D eigenvalue weighted by atomic mass is 16.3. The van der Waals surface area contributed by atoms with Crippen molar-refractivity contribution >= 4 is 11.8 Å². The fourth-order valence-electron chi connectivity index (χ4n) is 2.55. The van der Waals surface area contributed by atoms with E-state index in [9.17, 15) is 9.59 Å². The largest absolute Gasteiger partial charge is 0.472 e. The zero-order valence-corrected chi connectivity index (χ0v) is 14.7. The Morgan fingerprint density at radius 1 is 1.12 bits per heavy atom. The Bertz CT molecular complexity index is 638. The zero-order valence-electron chi connectivity index (χ0n) is 14.7. The van der Waals surface area contributed by atoms with Gasteiger partial charge in [-0.15, -0.1) is 0 Å². The summed E-state index contributed by atoms with van der Waals surface area (Å²) >= 11 is 0. The Morgan fingerprint density at radius 2 is 1.92 bits per heavy atom. The Hall–Kier alpha value is -2.56. The molecule has 2 rings (SSSR count). The second-order valence-corrected chi connectivity index (χ2v) is 6.03. The first-order chi connectivity index (χ1) is 12.2. The van der Waals surface area contributed by atoms with Crippen molar-refractivity contribution in [2.45, 2.75) is 39.2 Å². The maximum Gasteiger partial charge on any atom is 0.257 e. The molecular weight excluding hydrogens is 316 g/mol. The third-order valence-electron chi connectivity index (χ3n) is 3.98. The van der Waals surface area contributed by atoms with Crippen LogP contribution >= 0.6 is 0 Å². The first-order valence-corrected chi connectivity index (χ1v) is 8.82. The van der Waals surface area contributed by atoms with Gasteiger partial charge in [-0.1, -0.05) is 50.1 Å². The van der Waals surface area contributed by atoms with E-state index in [1.54, 1.807) is 11.0 Å². The zero-order chi connectivity index (χ0) is 17.9. The third kappa shape index (κ3) is 6.45. The maximum atomic E-state index is 12.7. The summed E-state index contributed by atoms with van der Waals surface area (Å²) in [6.45, 7) is 3.66. The number of benzene rings is 1. The Kier molecular flexibility index (Phi) is 7.76. The first kappa shape index (κ1) is 18.8. The highest BCUT2D eigenvalue weighted by molar-refractivity contribution is 5.94. The van der Waals surface area contributed by atoms with Crippen molar-refractivity contribution in [3.05, 3.63) is 60.1 Å². The summed E-state index contributed by atoms with van der Waals surface area (Å²) in [4.78, 5) is 26.3. The van der Waals surface area contributed by atoms with E-state index in [-0.39, 0.29) is 11.8 Å². The van der Waals surface area contributed by atoms with Crippen molar-refractivity contribution in [3.8, 4) is 0 Å². The molecule has 0 fully saturated rings. The van der Waals surface area contributed by atoms with Crippen LogP contribution in [0.15, 0.2) is 53.3 Å². The molecule has 1 N–H and O–H groups in total. The van der Waals surface area contributed by atoms with Crippen molar-refractivity contribution in [2.24, 2.45) is 0 Å². The van der Waals surface area contributed by atoms with Crippen LogP contribution in [0.2, 0.25) is 0 Å². The van der Waals surface area contributed by atoms with E-state index in [4.69, 9.17) is 4.42 Å². The topological polar surface area (TPSA) is 62.6 Å². The molecule has 2 aromatic rings. The molecule has 0 aliphatic carbocycles. The van der Waals surface area contributed by atoms with Crippen LogP contribution in [0.1, 0.15) is 48.5 Å². The van der Waals surface area contributed by atoms with Crippen LogP contribution in [-0.2, 0) is 11.3 Å². The molecule has 0 aliphatic heterocycles. The molecule has 25 heavy (non-hydrogen) atoms. The standard InChI is InChI=1S/C20H26N2O3/c1-2-3-7-12-21-19(23)10-13-22(15-17-8-5-4-6-9-17)20(24)18-11-14-25-16-18/h4-6,8-9,11,14,16H,2-3,7,10,12-13,15H2,1H3,(H,21,23). The lowest BCUT2D eigenvalue weighted by atomic mass is 10.2. The lowest BCUT2D eigenvalue weighted by Gasteiger charge is -2.22. The van der Waals surface area contributed by atoms with Gasteiger partial charge in [0, 0.05) is 26.1 Å². The molecule has 1 aromatic carbocycles. The van der Waals surface area contributed by atoms with Crippen LogP contribution in [0.5, 0.6) is 0 Å². The number of carbonyl (C=O) groups is 2. The number of nitrogens with zero attached hydrogens (tertiary/aromatic N) is 1. The van der Waals surface area contributed by atoms with Crippen LogP contribution in [0.3, 0.4) is 0 Å². The molecule has 1 heterocycles. The minimum atomic E-state index is -0.128. The number of nitrogens with one attached hydrogen (secondary N) is 1. The average Bonchev–Trinajstić information content (AvgIpc) is 3.17. The molecule has 134 valence electrons. The minimum Gasteiger partial charge on any atom is -0.472 e. The number of unbranched alkanes of at least 4 members (excludes halogenated alkanes) is 2. The van der Waals surface area contributed by atoms with Gasteiger partial charge in [0.2, 0.25) is 5.91 Å². The smallest absolute Gasteiger partial charge is 0.257 e. The van der Waals surface area contributed by atoms with Crippen LogP contribution in [-0.4, -0.2) is 29.8 Å². The van der Waals surface area contributed by atoms with Gasteiger partial charge < -0.3 is 14.6 Å². The molecule has 2 amide bonds. The van der Waals surface area contributed by atoms with E-state index in [0.29, 0.717) is 31.6 Å². The van der Waals surface area contributed by atoms with Crippen molar-refractivity contribution < 1.29 is 14.0 Å². The van der Waals surface area contributed by atoms with Crippen molar-refractivity contribution in [3.63, 3.8) is 0 Å². The summed E-state index contributed by atoms with van der Waals surface area (Å²) in [5, 5.41) is 2.91. The van der Waals surface area contributed by atoms with Gasteiger partial charge in [0.1, 0.15) is 6.26 Å². The highest BCUT2D eigenvalue weighted by Gasteiger charge is 2.18. The van der Waals surface area contributed by atoms with Crippen molar-refractivity contribution in [1.29, 1.82) is 0 Å². The number of rotatable bonds is 10. The third-order valence-corrected chi connectivity index (χ3v) is 3.98. The van der Waals surface area contributed by atoms with E-state index in [1.807, 2.05) is 30.3 Å². The lowest BCUT2D eigenvalue weighted by molar-refractivity contribution is -0.121. The van der Waals surface area contributed by atoms with Gasteiger partial charge in [-0.3, -0.25) is 9.59 Å². The van der Waals surface area contributed by atoms with Gasteiger partial charge >= 0.3 is 0 Å². The van der Waals surface area contributed by atoms with E-state index < -0.39 is 0 Å². The number of carbonyl (C=O) groups excluding carboxylic acids is 2. The number of hydrogen-bond acceptors (Lipinski definition) is 3. The quantitative estimate of drug-likeness (QED) is 0.671. The molecule has 5 nitrogen and oxygen atoms in total. The summed E-state index contributed by atoms with van der Waals surface area (Å²) in [7, 11) is 0. The van der Waals surface area contributed by atoms with Crippen molar-refractivity contribution in [2.75, 3.05) is 13.1 Å². The Labute approximate surface area is 149 Å². The summed E-state index contributed by atoms with van der Waals surface area (Å²) in [6.07, 6.45) is 6.44. The summed E-state index contributed by atoms with van der Waals surface area (Å²) < 4.78 is 5.01. The predicted molar refractivity (Wildman–Crippen MR) is 97.0 cm³/mol. The molecule has 0 spiro atoms. The van der Waals surface area contributed by atoms with Gasteiger partial charge in [0.05, 0.1) is 11.8 Å². The molecule has 0 bridgehead atoms. The van der Waals surface area contributed by atoms with Gasteiger partial charge in [0.25, 0.3) is 5.91 Å². The maximum absolute atomic E-state index is 12.7. The second-order valence-electron chi connectivity index (χ2n) is 6.03. The highest BCUT2D eigenvalue weighted by Crippen LogP contribution is 2.11. The SMILES string of the molecule is CCCCCNC(=O)CCN(Cc1ccccc1)C(=O)c1ccoc1. The summed E-state index contributed by atoms with van der Waals surface area (Å²) in [5.74, 6) is -0.148. The van der Waals surface area contributed by atoms with Gasteiger partial charge in [-0.2, -0.15) is 0 Å². The van der Waals surface area contributed by atoms with E-state index in [1.165, 1.54) is 12.5 Å². The van der Waals surface area contributed by atoms with E-state index >= 15 is 0 Å². The molecule has 1 aromatic heterocycles. The monoisotopic (exact) mass is 342 g/mol. The lowest BCUT2D eigenvalue weighted by Crippen LogP contribution is -2.35. The van der Waals surface area contributed by atoms with Crippen molar-refractivity contribution in [1.82, 2.24) is 10.2 Å². The molecule has 0 unspecified atom stereocenters. The fraction of sp³-hybridized carbons (Fsp3) is 0.400. The molecular formula is C20H26N2O3. The number of furan rings is 1. The molecule has 5 heteroatoms. The van der Waals surface area contributed by atoms with E-state index in [0.717, 1.165) is 24.8 Å². The molecule has 0 radical (unpaired) electrons. The van der Waals surface area contributed by atoms with Gasteiger partial charge in [-0.25, -0.2) is 0 Å². The normalized spacial score (nSPS) is 10.4. The van der Waals surface area contributed by atoms with Gasteiger partial charge in [-0.05, 0) is 18.1 Å². The van der Waals surface area contributed by atoms with Crippen LogP contribution in [0.25, 0.3) is 0 Å². The Balaban J connectivity index is 1.92. The van der Waals surface area contributed by atoms with Crippen LogP contribution < -0.4 is 5.32 Å². The van der Waals surface area contributed by atoms with Gasteiger partial charge in [0.15, 0.2) is 0 Å². The summed E-state index contributed by atoms with van der Waals surface area (Å²) in [6, 6.07) is 11.4. The Morgan fingerprint density at radius 3 is 2.60 bits per heavy atom. The van der Waals surface area contributed by atoms with Crippen LogP contribution in [0, 0.1) is 0 Å². The first-order valence-electron chi connectivity index (χ1n) is 8.82. The fourth-order valence-corrected chi connectivity index (χ4v) is 2.55. The number of amides is 2. The molecule has 0 aliphatic rings. The average molecular weight is 342 g/mol. The van der Waals surface area contributed by atoms with E-state index in [2.05, 4.69) is 12.2 Å². The second kappa shape index (κ2) is 10.3. The number of hydrogen-bond donors (Lipinski definition) is 1. The molecule has 0 saturated carbocycles. The molecule has 0 saturated heterocycles. The predicted octanol–water partition coefficient (Wildman–Crippen LogP) is 3.62. The minimum absolute atomic E-state index is 0.0193. The summed E-state index contributed by atoms with van der Waals surface area (Å²) in [5.41, 5.74) is 1.53. The molecule has 0 atom stereocenters. The van der Waals surface area contributed by atoms with Crippen LogP contribution in [0.4, 0.5) is 0 Å².